The molecule has 0 aromatic heterocycles. The van der Waals surface area contributed by atoms with Crippen LogP contribution in [-0.4, -0.2) is 37.7 Å². The van der Waals surface area contributed by atoms with Crippen LogP contribution in [0.5, 0.6) is 0 Å². The molecule has 1 unspecified atom stereocenters. The van der Waals surface area contributed by atoms with E-state index >= 15 is 0 Å². The summed E-state index contributed by atoms with van der Waals surface area (Å²) in [6, 6.07) is 5.04. The van der Waals surface area contributed by atoms with Crippen molar-refractivity contribution in [1.29, 1.82) is 0 Å². The average Bonchev–Trinajstić information content (AvgIpc) is 2.88. The van der Waals surface area contributed by atoms with E-state index in [1.807, 2.05) is 6.92 Å². The normalized spacial score (nSPS) is 18.6. The van der Waals surface area contributed by atoms with Crippen LogP contribution in [0.15, 0.2) is 23.1 Å². The zero-order valence-electron chi connectivity index (χ0n) is 11.2. The van der Waals surface area contributed by atoms with Crippen molar-refractivity contribution < 1.29 is 13.5 Å². The fraction of sp³-hybridized carbons (Fsp3) is 0.429. The fourth-order valence-corrected chi connectivity index (χ4v) is 4.69. The summed E-state index contributed by atoms with van der Waals surface area (Å²) in [5.41, 5.74) is 1.36. The summed E-state index contributed by atoms with van der Waals surface area (Å²) in [7, 11) is -3.57. The molecule has 1 fully saturated rings. The summed E-state index contributed by atoms with van der Waals surface area (Å²) in [4.78, 5) is 0.181. The molecule has 6 heteroatoms. The van der Waals surface area contributed by atoms with Crippen LogP contribution >= 0.6 is 11.8 Å². The molecule has 1 aliphatic rings. The Balaban J connectivity index is 2.34. The smallest absolute Gasteiger partial charge is 0.242 e. The lowest BCUT2D eigenvalue weighted by Gasteiger charge is -2.13. The molecule has 1 aromatic carbocycles. The highest BCUT2D eigenvalue weighted by Gasteiger charge is 2.24. The average molecular weight is 311 g/mol. The van der Waals surface area contributed by atoms with E-state index in [1.165, 1.54) is 0 Å². The maximum Gasteiger partial charge on any atom is 0.242 e. The predicted molar refractivity (Wildman–Crippen MR) is 81.2 cm³/mol. The Hall–Kier alpha value is -1.00. The second kappa shape index (κ2) is 6.64. The van der Waals surface area contributed by atoms with Crippen molar-refractivity contribution in [2.24, 2.45) is 0 Å². The van der Waals surface area contributed by atoms with Crippen molar-refractivity contribution in [3.05, 3.63) is 29.3 Å². The highest BCUT2D eigenvalue weighted by atomic mass is 32.2. The number of hydrogen-bond donors (Lipinski definition) is 2. The Morgan fingerprint density at radius 1 is 1.50 bits per heavy atom. The number of benzene rings is 1. The molecule has 20 heavy (non-hydrogen) atoms. The van der Waals surface area contributed by atoms with Gasteiger partial charge < -0.3 is 5.11 Å². The lowest BCUT2D eigenvalue weighted by molar-refractivity contribution is 0.350. The molecule has 2 N–H and O–H groups in total. The molecule has 1 saturated heterocycles. The van der Waals surface area contributed by atoms with Crippen molar-refractivity contribution in [2.45, 2.75) is 24.3 Å². The first-order valence-corrected chi connectivity index (χ1v) is 8.97. The van der Waals surface area contributed by atoms with Gasteiger partial charge in [-0.2, -0.15) is 11.8 Å². The van der Waals surface area contributed by atoms with Crippen LogP contribution in [0, 0.1) is 18.8 Å². The third kappa shape index (κ3) is 3.76. The van der Waals surface area contributed by atoms with Gasteiger partial charge in [-0.05, 0) is 36.8 Å². The maximum absolute atomic E-state index is 12.4. The van der Waals surface area contributed by atoms with Gasteiger partial charge in [0, 0.05) is 17.4 Å². The third-order valence-corrected chi connectivity index (χ3v) is 5.72. The molecule has 1 atom stereocenters. The quantitative estimate of drug-likeness (QED) is 0.821. The molecule has 0 amide bonds. The minimum absolute atomic E-state index is 0.00930. The van der Waals surface area contributed by atoms with E-state index in [4.69, 9.17) is 5.11 Å². The van der Waals surface area contributed by atoms with Gasteiger partial charge >= 0.3 is 0 Å². The SMILES string of the molecule is Cc1ccc(S(=O)(=O)NC2CCSC2)c(C#CCO)c1. The lowest BCUT2D eigenvalue weighted by Crippen LogP contribution is -2.35. The number of sulfonamides is 1. The second-order valence-electron chi connectivity index (χ2n) is 4.64. The molecule has 1 aliphatic heterocycles. The van der Waals surface area contributed by atoms with Crippen molar-refractivity contribution in [3.8, 4) is 11.8 Å². The molecule has 0 radical (unpaired) electrons. The van der Waals surface area contributed by atoms with Gasteiger partial charge in [-0.3, -0.25) is 0 Å². The summed E-state index contributed by atoms with van der Waals surface area (Å²) in [6.45, 7) is 1.59. The topological polar surface area (TPSA) is 66.4 Å². The molecular formula is C14H17NO3S2. The monoisotopic (exact) mass is 311 g/mol. The number of aliphatic hydroxyl groups excluding tert-OH is 1. The Kier molecular flexibility index (Phi) is 5.11. The van der Waals surface area contributed by atoms with Crippen molar-refractivity contribution in [1.82, 2.24) is 4.72 Å². The Labute approximate surface area is 124 Å². The highest BCUT2D eigenvalue weighted by Crippen LogP contribution is 2.21. The van der Waals surface area contributed by atoms with Gasteiger partial charge in [-0.1, -0.05) is 17.9 Å². The van der Waals surface area contributed by atoms with Gasteiger partial charge in [-0.25, -0.2) is 13.1 Å². The highest BCUT2D eigenvalue weighted by molar-refractivity contribution is 7.99. The van der Waals surface area contributed by atoms with Crippen LogP contribution in [0.4, 0.5) is 0 Å². The zero-order valence-corrected chi connectivity index (χ0v) is 12.9. The summed E-state index contributed by atoms with van der Waals surface area (Å²) < 4.78 is 27.6. The summed E-state index contributed by atoms with van der Waals surface area (Å²) in [5, 5.41) is 8.78. The molecule has 2 rings (SSSR count). The van der Waals surface area contributed by atoms with E-state index in [-0.39, 0.29) is 17.5 Å². The molecule has 4 nitrogen and oxygen atoms in total. The van der Waals surface area contributed by atoms with Crippen LogP contribution < -0.4 is 4.72 Å². The van der Waals surface area contributed by atoms with Crippen LogP contribution in [0.2, 0.25) is 0 Å². The van der Waals surface area contributed by atoms with Gasteiger partial charge in [0.25, 0.3) is 0 Å². The minimum atomic E-state index is -3.57. The van der Waals surface area contributed by atoms with E-state index in [1.54, 1.807) is 30.0 Å². The second-order valence-corrected chi connectivity index (χ2v) is 7.47. The summed E-state index contributed by atoms with van der Waals surface area (Å²) in [6.07, 6.45) is 0.855. The Morgan fingerprint density at radius 3 is 2.95 bits per heavy atom. The van der Waals surface area contributed by atoms with Crippen LogP contribution in [0.3, 0.4) is 0 Å². The number of aryl methyl sites for hydroxylation is 1. The molecule has 108 valence electrons. The van der Waals surface area contributed by atoms with Gasteiger partial charge in [-0.15, -0.1) is 0 Å². The first kappa shape index (κ1) is 15.4. The standard InChI is InChI=1S/C14H17NO3S2/c1-11-4-5-14(12(9-11)3-2-7-16)20(17,18)15-13-6-8-19-10-13/h4-5,9,13,15-16H,6-8,10H2,1H3. The number of aliphatic hydroxyl groups is 1. The van der Waals surface area contributed by atoms with E-state index in [0.717, 1.165) is 23.5 Å². The largest absolute Gasteiger partial charge is 0.384 e. The zero-order chi connectivity index (χ0) is 14.6. The molecule has 0 spiro atoms. The van der Waals surface area contributed by atoms with Gasteiger partial charge in [0.2, 0.25) is 10.0 Å². The van der Waals surface area contributed by atoms with Gasteiger partial charge in [0.15, 0.2) is 0 Å². The van der Waals surface area contributed by atoms with Crippen LogP contribution in [0.1, 0.15) is 17.5 Å². The van der Waals surface area contributed by atoms with Crippen molar-refractivity contribution in [2.75, 3.05) is 18.1 Å². The fourth-order valence-electron chi connectivity index (χ4n) is 2.02. The van der Waals surface area contributed by atoms with Crippen LogP contribution in [-0.2, 0) is 10.0 Å². The first-order valence-electron chi connectivity index (χ1n) is 6.33. The van der Waals surface area contributed by atoms with Gasteiger partial charge in [0.1, 0.15) is 6.61 Å². The number of thioether (sulfide) groups is 1. The first-order chi connectivity index (χ1) is 9.53. The molecule has 1 heterocycles. The lowest BCUT2D eigenvalue weighted by atomic mass is 10.1. The van der Waals surface area contributed by atoms with E-state index in [0.29, 0.717) is 5.56 Å². The molecule has 0 aliphatic carbocycles. The van der Waals surface area contributed by atoms with Crippen molar-refractivity contribution >= 4 is 21.8 Å². The molecular weight excluding hydrogens is 294 g/mol. The van der Waals surface area contributed by atoms with Gasteiger partial charge in [0.05, 0.1) is 4.90 Å². The number of nitrogens with one attached hydrogen (secondary N) is 1. The number of hydrogen-bond acceptors (Lipinski definition) is 4. The Morgan fingerprint density at radius 2 is 2.30 bits per heavy atom. The molecule has 0 bridgehead atoms. The summed E-state index contributed by atoms with van der Waals surface area (Å²) >= 11 is 1.75. The number of rotatable bonds is 3. The Bertz CT molecular complexity index is 638. The molecule has 1 aromatic rings. The van der Waals surface area contributed by atoms with E-state index < -0.39 is 10.0 Å². The van der Waals surface area contributed by atoms with Crippen LogP contribution in [0.25, 0.3) is 0 Å². The minimum Gasteiger partial charge on any atom is -0.384 e. The predicted octanol–water partition coefficient (Wildman–Crippen LogP) is 1.12. The van der Waals surface area contributed by atoms with E-state index in [2.05, 4.69) is 16.6 Å². The maximum atomic E-state index is 12.4. The third-order valence-electron chi connectivity index (χ3n) is 2.98. The molecule has 0 saturated carbocycles. The van der Waals surface area contributed by atoms with Crippen molar-refractivity contribution in [3.63, 3.8) is 0 Å². The van der Waals surface area contributed by atoms with E-state index in [9.17, 15) is 8.42 Å². The summed E-state index contributed by atoms with van der Waals surface area (Å²) in [5.74, 6) is 7.01.